The minimum absolute atomic E-state index is 0.107. The van der Waals surface area contributed by atoms with Crippen molar-refractivity contribution in [1.29, 1.82) is 0 Å². The molecule has 0 aliphatic carbocycles. The first-order valence-corrected chi connectivity index (χ1v) is 8.89. The van der Waals surface area contributed by atoms with Crippen LogP contribution in [0.25, 0.3) is 0 Å². The molecule has 0 fully saturated rings. The Bertz CT molecular complexity index is 595. The van der Waals surface area contributed by atoms with Gasteiger partial charge in [0.25, 0.3) is 0 Å². The molecule has 1 atom stereocenters. The van der Waals surface area contributed by atoms with Gasteiger partial charge in [0.2, 0.25) is 0 Å². The van der Waals surface area contributed by atoms with Crippen molar-refractivity contribution in [1.82, 2.24) is 5.43 Å². The van der Waals surface area contributed by atoms with Gasteiger partial charge in [-0.1, -0.05) is 18.2 Å². The fourth-order valence-electron chi connectivity index (χ4n) is 2.72. The Hall–Kier alpha value is -0.810. The Morgan fingerprint density at radius 3 is 2.90 bits per heavy atom. The van der Waals surface area contributed by atoms with Crippen LogP contribution in [-0.2, 0) is 12.2 Å². The lowest BCUT2D eigenvalue weighted by atomic mass is 9.96. The monoisotopic (exact) mass is 304 g/mol. The molecule has 0 bridgehead atoms. The summed E-state index contributed by atoms with van der Waals surface area (Å²) in [6.45, 7) is 4.33. The standard InChI is InChI=1S/C16H20N2S2/c1-10-4-3-5-13(11(10)2)16(18-17)15-8-12-9-19-7-6-14(12)20-15/h3-5,8,16,18H,6-7,9,17H2,1-2H3. The molecular weight excluding hydrogens is 284 g/mol. The summed E-state index contributed by atoms with van der Waals surface area (Å²) in [5, 5.41) is 0. The number of rotatable bonds is 3. The van der Waals surface area contributed by atoms with E-state index >= 15 is 0 Å². The third-order valence-electron chi connectivity index (χ3n) is 4.06. The van der Waals surface area contributed by atoms with Crippen molar-refractivity contribution in [2.24, 2.45) is 5.84 Å². The quantitative estimate of drug-likeness (QED) is 0.670. The van der Waals surface area contributed by atoms with Crippen LogP contribution >= 0.6 is 23.1 Å². The van der Waals surface area contributed by atoms with E-state index in [0.29, 0.717) is 0 Å². The molecule has 4 heteroatoms. The lowest BCUT2D eigenvalue weighted by Crippen LogP contribution is -2.28. The fourth-order valence-corrected chi connectivity index (χ4v) is 5.18. The highest BCUT2D eigenvalue weighted by Gasteiger charge is 2.21. The molecule has 0 saturated carbocycles. The van der Waals surface area contributed by atoms with Gasteiger partial charge in [0, 0.05) is 15.5 Å². The summed E-state index contributed by atoms with van der Waals surface area (Å²) in [5.74, 6) is 8.26. The first-order chi connectivity index (χ1) is 9.70. The Kier molecular flexibility index (Phi) is 4.17. The molecule has 1 aromatic heterocycles. The van der Waals surface area contributed by atoms with Crippen LogP contribution < -0.4 is 11.3 Å². The van der Waals surface area contributed by atoms with Crippen LogP contribution in [0.4, 0.5) is 0 Å². The lowest BCUT2D eigenvalue weighted by molar-refractivity contribution is 0.642. The highest BCUT2D eigenvalue weighted by atomic mass is 32.2. The number of hydrazine groups is 1. The van der Waals surface area contributed by atoms with Gasteiger partial charge in [0.05, 0.1) is 6.04 Å². The van der Waals surface area contributed by atoms with Crippen molar-refractivity contribution in [3.05, 3.63) is 56.3 Å². The first-order valence-electron chi connectivity index (χ1n) is 6.92. The van der Waals surface area contributed by atoms with Crippen LogP contribution in [-0.4, -0.2) is 5.75 Å². The van der Waals surface area contributed by atoms with E-state index in [9.17, 15) is 0 Å². The third-order valence-corrected chi connectivity index (χ3v) is 6.37. The number of fused-ring (bicyclic) bond motifs is 1. The summed E-state index contributed by atoms with van der Waals surface area (Å²) in [6.07, 6.45) is 1.20. The van der Waals surface area contributed by atoms with Gasteiger partial charge in [-0.05, 0) is 54.3 Å². The molecule has 106 valence electrons. The molecule has 2 aromatic rings. The van der Waals surface area contributed by atoms with E-state index in [1.54, 1.807) is 4.88 Å². The summed E-state index contributed by atoms with van der Waals surface area (Å²) < 4.78 is 0. The fraction of sp³-hybridized carbons (Fsp3) is 0.375. The predicted octanol–water partition coefficient (Wildman–Crippen LogP) is 3.71. The summed E-state index contributed by atoms with van der Waals surface area (Å²) >= 11 is 3.95. The molecule has 1 aromatic carbocycles. The van der Waals surface area contributed by atoms with E-state index < -0.39 is 0 Å². The van der Waals surface area contributed by atoms with Crippen molar-refractivity contribution < 1.29 is 0 Å². The normalized spacial score (nSPS) is 15.9. The molecular formula is C16H20N2S2. The minimum Gasteiger partial charge on any atom is -0.271 e. The number of benzene rings is 1. The summed E-state index contributed by atoms with van der Waals surface area (Å²) in [7, 11) is 0. The molecule has 2 nitrogen and oxygen atoms in total. The van der Waals surface area contributed by atoms with E-state index in [4.69, 9.17) is 5.84 Å². The van der Waals surface area contributed by atoms with Gasteiger partial charge in [-0.25, -0.2) is 5.43 Å². The van der Waals surface area contributed by atoms with E-state index in [-0.39, 0.29) is 6.04 Å². The van der Waals surface area contributed by atoms with Gasteiger partial charge in [0.1, 0.15) is 0 Å². The largest absolute Gasteiger partial charge is 0.271 e. The average Bonchev–Trinajstić information content (AvgIpc) is 2.87. The van der Waals surface area contributed by atoms with Gasteiger partial charge in [-0.2, -0.15) is 11.8 Å². The SMILES string of the molecule is Cc1cccc(C(NN)c2cc3c(s2)CCSC3)c1C. The molecule has 1 aliphatic rings. The van der Waals surface area contributed by atoms with E-state index in [2.05, 4.69) is 43.5 Å². The van der Waals surface area contributed by atoms with Crippen LogP contribution in [0.1, 0.15) is 38.0 Å². The Morgan fingerprint density at radius 2 is 2.15 bits per heavy atom. The van der Waals surface area contributed by atoms with Gasteiger partial charge in [-0.3, -0.25) is 5.84 Å². The number of hydrogen-bond donors (Lipinski definition) is 2. The zero-order valence-electron chi connectivity index (χ0n) is 11.9. The number of aryl methyl sites for hydroxylation is 2. The van der Waals surface area contributed by atoms with Gasteiger partial charge < -0.3 is 0 Å². The average molecular weight is 304 g/mol. The van der Waals surface area contributed by atoms with Crippen LogP contribution in [0.5, 0.6) is 0 Å². The molecule has 0 saturated heterocycles. The highest BCUT2D eigenvalue weighted by molar-refractivity contribution is 7.98. The van der Waals surface area contributed by atoms with Crippen LogP contribution in [0.3, 0.4) is 0 Å². The molecule has 20 heavy (non-hydrogen) atoms. The van der Waals surface area contributed by atoms with Gasteiger partial charge in [-0.15, -0.1) is 11.3 Å². The molecule has 1 aliphatic heterocycles. The Labute approximate surface area is 128 Å². The number of hydrogen-bond acceptors (Lipinski definition) is 4. The molecule has 0 amide bonds. The third kappa shape index (κ3) is 2.53. The van der Waals surface area contributed by atoms with Crippen LogP contribution in [0, 0.1) is 13.8 Å². The molecule has 0 radical (unpaired) electrons. The second-order valence-electron chi connectivity index (χ2n) is 5.29. The highest BCUT2D eigenvalue weighted by Crippen LogP contribution is 2.37. The van der Waals surface area contributed by atoms with E-state index in [1.807, 2.05) is 23.1 Å². The Balaban J connectivity index is 2.01. The lowest BCUT2D eigenvalue weighted by Gasteiger charge is -2.18. The summed E-state index contributed by atoms with van der Waals surface area (Å²) in [6, 6.07) is 8.91. The molecule has 3 N–H and O–H groups in total. The second kappa shape index (κ2) is 5.90. The smallest absolute Gasteiger partial charge is 0.0805 e. The first kappa shape index (κ1) is 14.1. The van der Waals surface area contributed by atoms with Crippen LogP contribution in [0.2, 0.25) is 0 Å². The topological polar surface area (TPSA) is 38.0 Å². The van der Waals surface area contributed by atoms with Gasteiger partial charge in [0.15, 0.2) is 0 Å². The van der Waals surface area contributed by atoms with Crippen molar-refractivity contribution in [3.63, 3.8) is 0 Å². The zero-order chi connectivity index (χ0) is 14.1. The maximum Gasteiger partial charge on any atom is 0.0805 e. The van der Waals surface area contributed by atoms with Gasteiger partial charge >= 0.3 is 0 Å². The van der Waals surface area contributed by atoms with Crippen molar-refractivity contribution in [2.45, 2.75) is 32.1 Å². The van der Waals surface area contributed by atoms with Crippen molar-refractivity contribution >= 4 is 23.1 Å². The molecule has 2 heterocycles. The molecule has 3 rings (SSSR count). The number of nitrogens with one attached hydrogen (secondary N) is 1. The zero-order valence-corrected chi connectivity index (χ0v) is 13.5. The molecule has 0 spiro atoms. The number of thiophene rings is 1. The van der Waals surface area contributed by atoms with Crippen LogP contribution in [0.15, 0.2) is 24.3 Å². The second-order valence-corrected chi connectivity index (χ2v) is 7.56. The van der Waals surface area contributed by atoms with Crippen molar-refractivity contribution in [2.75, 3.05) is 5.75 Å². The van der Waals surface area contributed by atoms with E-state index in [0.717, 1.165) is 5.75 Å². The predicted molar refractivity (Wildman–Crippen MR) is 89.3 cm³/mol. The Morgan fingerprint density at radius 1 is 1.30 bits per heavy atom. The maximum absolute atomic E-state index is 5.87. The summed E-state index contributed by atoms with van der Waals surface area (Å²) in [5.41, 5.74) is 8.46. The summed E-state index contributed by atoms with van der Waals surface area (Å²) in [4.78, 5) is 2.89. The van der Waals surface area contributed by atoms with Crippen molar-refractivity contribution in [3.8, 4) is 0 Å². The number of nitrogens with two attached hydrogens (primary N) is 1. The number of thioether (sulfide) groups is 1. The molecule has 1 unspecified atom stereocenters. The van der Waals surface area contributed by atoms with E-state index in [1.165, 1.54) is 39.3 Å². The minimum atomic E-state index is 0.107. The maximum atomic E-state index is 5.87.